The number of aliphatic hydroxyl groups is 1. The van der Waals surface area contributed by atoms with E-state index in [-0.39, 0.29) is 34.8 Å². The van der Waals surface area contributed by atoms with Crippen LogP contribution in [0, 0.1) is 11.8 Å². The zero-order chi connectivity index (χ0) is 44.1. The number of Topliss-reactive ketones (excluding diaryl/α,β-unsaturated/α-hetero) is 3. The first kappa shape index (κ1) is 39.0. The van der Waals surface area contributed by atoms with Gasteiger partial charge in [0.25, 0.3) is 0 Å². The maximum atomic E-state index is 13.9. The molecule has 324 valence electrons. The number of carbonyl (C=O) groups excluding carboxylic acids is 3. The molecule has 4 heterocycles. The van der Waals surface area contributed by atoms with Gasteiger partial charge in [0.05, 0.1) is 5.57 Å². The van der Waals surface area contributed by atoms with Gasteiger partial charge in [0.15, 0.2) is 17.3 Å². The fourth-order valence-corrected chi connectivity index (χ4v) is 14.9. The van der Waals surface area contributed by atoms with Crippen molar-refractivity contribution in [2.75, 3.05) is 0 Å². The number of hydrogen-bond acceptors (Lipinski definition) is 8. The number of ether oxygens (including phenoxy) is 2. The van der Waals surface area contributed by atoms with E-state index in [2.05, 4.69) is 36.4 Å². The molecule has 0 radical (unpaired) electrons. The monoisotopic (exact) mass is 900 g/mol. The van der Waals surface area contributed by atoms with Crippen LogP contribution in [0.15, 0.2) is 132 Å². The minimum atomic E-state index is -0.985. The van der Waals surface area contributed by atoms with Crippen LogP contribution in [0.4, 0.5) is 0 Å². The van der Waals surface area contributed by atoms with Crippen LogP contribution < -0.4 is 0 Å². The molecular formula is C58H44O6S2. The van der Waals surface area contributed by atoms with E-state index in [1.165, 1.54) is 33.7 Å². The summed E-state index contributed by atoms with van der Waals surface area (Å²) in [7, 11) is 0. The van der Waals surface area contributed by atoms with Crippen LogP contribution in [0.2, 0.25) is 0 Å². The van der Waals surface area contributed by atoms with Crippen molar-refractivity contribution >= 4 is 84.9 Å². The van der Waals surface area contributed by atoms with Crippen molar-refractivity contribution < 1.29 is 29.0 Å². The molecule has 6 aliphatic carbocycles. The molecule has 0 saturated heterocycles. The maximum Gasteiger partial charge on any atom is 0.197 e. The average molecular weight is 901 g/mol. The first-order chi connectivity index (χ1) is 32.2. The van der Waals surface area contributed by atoms with Crippen LogP contribution in [0.1, 0.15) is 138 Å². The molecule has 8 aliphatic rings. The lowest BCUT2D eigenvalue weighted by atomic mass is 9.72. The molecule has 0 amide bonds. The summed E-state index contributed by atoms with van der Waals surface area (Å²) < 4.78 is 14.5. The van der Waals surface area contributed by atoms with Crippen LogP contribution >= 0.6 is 22.7 Å². The number of aliphatic hydroxyl groups excluding tert-OH is 1. The highest BCUT2D eigenvalue weighted by Crippen LogP contribution is 2.59. The predicted octanol–water partition coefficient (Wildman–Crippen LogP) is 13.8. The Kier molecular flexibility index (Phi) is 8.37. The van der Waals surface area contributed by atoms with Gasteiger partial charge in [-0.2, -0.15) is 0 Å². The van der Waals surface area contributed by atoms with Crippen molar-refractivity contribution in [3.63, 3.8) is 0 Å². The molecule has 8 heteroatoms. The summed E-state index contributed by atoms with van der Waals surface area (Å²) in [5.41, 5.74) is 6.45. The second-order valence-corrected chi connectivity index (χ2v) is 21.7. The number of allylic oxidation sites excluding steroid dienone is 7. The molecule has 3 atom stereocenters. The Bertz CT molecular complexity index is 3360. The number of benzene rings is 4. The molecule has 1 N–H and O–H groups in total. The number of hydrogen-bond donors (Lipinski definition) is 1. The van der Waals surface area contributed by atoms with E-state index >= 15 is 0 Å². The van der Waals surface area contributed by atoms with Crippen LogP contribution in [0.5, 0.6) is 0 Å². The number of carbonyl (C=O) groups is 3. The minimum absolute atomic E-state index is 0.0360. The van der Waals surface area contributed by atoms with Crippen LogP contribution in [0.3, 0.4) is 0 Å². The lowest BCUT2D eigenvalue weighted by Crippen LogP contribution is -2.37. The van der Waals surface area contributed by atoms with E-state index in [0.29, 0.717) is 27.8 Å². The van der Waals surface area contributed by atoms with Gasteiger partial charge in [-0.25, -0.2) is 0 Å². The Morgan fingerprint density at radius 1 is 0.530 bits per heavy atom. The third-order valence-corrected chi connectivity index (χ3v) is 18.0. The van der Waals surface area contributed by atoms with Gasteiger partial charge in [-0.1, -0.05) is 73.5 Å². The standard InChI is InChI=1S/C58H44O6S2/c59-51-39-19-31-11-3-4-12-32(31)20-40(39)52(60)45(51)27-37-29-47-55(65-37)43-23-36-26-50-44(24-35(36)25-49(43)63-57(47)15-7-1-8-16-57)56-48(58(64-50)17-9-2-10-18-58)30-38(66-56)28-46-53(61)41-21-33-13-5-6-14-34(33)22-42(41)54(46)62/h3-6,11-14,19-30,35-36,51,59H,1-2,7-10,15-18H2/b45-27+. The molecule has 2 aromatic heterocycles. The second-order valence-electron chi connectivity index (χ2n) is 19.6. The van der Waals surface area contributed by atoms with E-state index < -0.39 is 17.3 Å². The maximum absolute atomic E-state index is 13.9. The van der Waals surface area contributed by atoms with Crippen molar-refractivity contribution in [3.05, 3.63) is 185 Å². The van der Waals surface area contributed by atoms with Crippen molar-refractivity contribution in [2.45, 2.75) is 81.5 Å². The Morgan fingerprint density at radius 2 is 0.985 bits per heavy atom. The zero-order valence-electron chi connectivity index (χ0n) is 36.2. The van der Waals surface area contributed by atoms with Crippen LogP contribution in [-0.4, -0.2) is 22.5 Å². The highest BCUT2D eigenvalue weighted by Gasteiger charge is 2.49. The molecule has 2 fully saturated rings. The van der Waals surface area contributed by atoms with Gasteiger partial charge < -0.3 is 14.6 Å². The Hall–Kier alpha value is -6.19. The fraction of sp³-hybridized carbons (Fsp3) is 0.259. The number of ketones is 3. The van der Waals surface area contributed by atoms with E-state index in [1.54, 1.807) is 22.7 Å². The Balaban J connectivity index is 0.839. The molecule has 2 saturated carbocycles. The summed E-state index contributed by atoms with van der Waals surface area (Å²) in [5, 5.41) is 15.5. The summed E-state index contributed by atoms with van der Waals surface area (Å²) in [4.78, 5) is 45.9. The topological polar surface area (TPSA) is 89.9 Å². The van der Waals surface area contributed by atoms with Gasteiger partial charge in [-0.3, -0.25) is 14.4 Å². The Labute approximate surface area is 390 Å². The quantitative estimate of drug-likeness (QED) is 0.138. The first-order valence-corrected chi connectivity index (χ1v) is 25.2. The van der Waals surface area contributed by atoms with Crippen molar-refractivity contribution in [1.82, 2.24) is 0 Å². The summed E-state index contributed by atoms with van der Waals surface area (Å²) in [5.74, 6) is 1.36. The number of fused-ring (bicyclic) bond motifs is 13. The lowest BCUT2D eigenvalue weighted by Gasteiger charge is -2.46. The first-order valence-electron chi connectivity index (χ1n) is 23.6. The highest BCUT2D eigenvalue weighted by atomic mass is 32.1. The molecule has 6 nitrogen and oxygen atoms in total. The molecule has 2 spiro atoms. The molecule has 4 aromatic carbocycles. The van der Waals surface area contributed by atoms with Crippen molar-refractivity contribution in [1.29, 1.82) is 0 Å². The van der Waals surface area contributed by atoms with Crippen molar-refractivity contribution in [2.24, 2.45) is 11.8 Å². The third kappa shape index (κ3) is 5.64. The summed E-state index contributed by atoms with van der Waals surface area (Å²) in [6.45, 7) is 0. The van der Waals surface area contributed by atoms with Gasteiger partial charge in [0.2, 0.25) is 0 Å². The number of rotatable bonds is 2. The largest absolute Gasteiger partial charge is 0.482 e. The predicted molar refractivity (Wildman–Crippen MR) is 261 cm³/mol. The van der Waals surface area contributed by atoms with Gasteiger partial charge in [-0.05, 0) is 139 Å². The zero-order valence-corrected chi connectivity index (χ0v) is 37.8. The lowest BCUT2D eigenvalue weighted by molar-refractivity contribution is -0.0339. The van der Waals surface area contributed by atoms with E-state index in [4.69, 9.17) is 9.47 Å². The fourth-order valence-electron chi connectivity index (χ4n) is 12.4. The summed E-state index contributed by atoms with van der Waals surface area (Å²) >= 11 is 3.36. The van der Waals surface area contributed by atoms with Crippen molar-refractivity contribution in [3.8, 4) is 0 Å². The van der Waals surface area contributed by atoms with Crippen LogP contribution in [-0.2, 0) is 20.7 Å². The normalized spacial score (nSPS) is 24.6. The summed E-state index contributed by atoms with van der Waals surface area (Å²) in [6.07, 6.45) is 22.5. The van der Waals surface area contributed by atoms with Gasteiger partial charge >= 0.3 is 0 Å². The molecule has 3 unspecified atom stereocenters. The second kappa shape index (κ2) is 14.2. The number of thiophene rings is 2. The van der Waals surface area contributed by atoms with Gasteiger partial charge in [0, 0.05) is 75.9 Å². The molecule has 2 aliphatic heterocycles. The molecule has 66 heavy (non-hydrogen) atoms. The van der Waals surface area contributed by atoms with Gasteiger partial charge in [0.1, 0.15) is 28.8 Å². The molecule has 0 bridgehead atoms. The molecule has 14 rings (SSSR count). The smallest absolute Gasteiger partial charge is 0.197 e. The molecular weight excluding hydrogens is 857 g/mol. The third-order valence-electron chi connectivity index (χ3n) is 15.8. The average Bonchev–Trinajstić information content (AvgIpc) is 4.09. The van der Waals surface area contributed by atoms with E-state index in [1.807, 2.05) is 84.9 Å². The van der Waals surface area contributed by atoms with Crippen LogP contribution in [0.25, 0.3) is 44.8 Å². The minimum Gasteiger partial charge on any atom is -0.482 e. The molecule has 6 aromatic rings. The SMILES string of the molecule is O=C1C(=Cc2cc3c(s2)C2=CC4C=C5OC6(CCCCC6)c6cc(/C=C7/C(=O)c8cc9ccccc9cc8C7O)sc6C5=CC4C=C2OC32CCCCC2)C(=O)c2cc3ccccc3cc21. The van der Waals surface area contributed by atoms with E-state index in [9.17, 15) is 19.5 Å². The highest BCUT2D eigenvalue weighted by molar-refractivity contribution is 7.14. The van der Waals surface area contributed by atoms with E-state index in [0.717, 1.165) is 105 Å². The Morgan fingerprint density at radius 3 is 1.48 bits per heavy atom. The summed E-state index contributed by atoms with van der Waals surface area (Å²) in [6, 6.07) is 27.9. The van der Waals surface area contributed by atoms with Gasteiger partial charge in [-0.15, -0.1) is 22.7 Å².